The quantitative estimate of drug-likeness (QED) is 0.388. The minimum absolute atomic E-state index is 0.00183. The maximum absolute atomic E-state index is 13.1. The number of thiazole rings is 1. The lowest BCUT2D eigenvalue weighted by molar-refractivity contribution is -0.137. The number of aliphatic hydroxyl groups excluding tert-OH is 1. The van der Waals surface area contributed by atoms with Crippen molar-refractivity contribution < 1.29 is 27.9 Å². The number of ketones is 1. The second-order valence-corrected chi connectivity index (χ2v) is 10.00. The van der Waals surface area contributed by atoms with Gasteiger partial charge < -0.3 is 15.3 Å². The van der Waals surface area contributed by atoms with Crippen molar-refractivity contribution in [1.29, 1.82) is 0 Å². The Morgan fingerprint density at radius 3 is 2.76 bits per heavy atom. The fraction of sp³-hybridized carbons (Fsp3) is 0.391. The second kappa shape index (κ2) is 11.1. The van der Waals surface area contributed by atoms with E-state index in [0.717, 1.165) is 36.9 Å². The number of nitrogens with one attached hydrogen (secondary N) is 1. The zero-order valence-electron chi connectivity index (χ0n) is 19.5. The third kappa shape index (κ3) is 6.22. The number of halogens is 4. The molecule has 4 heterocycles. The normalized spacial score (nSPS) is 16.6. The Bertz CT molecular complexity index is 1300. The van der Waals surface area contributed by atoms with Crippen LogP contribution in [0.2, 0.25) is 5.02 Å². The first-order chi connectivity index (χ1) is 17.6. The summed E-state index contributed by atoms with van der Waals surface area (Å²) in [6.45, 7) is 2.51. The number of hydrogen-bond donors (Lipinski definition) is 2. The predicted molar refractivity (Wildman–Crippen MR) is 131 cm³/mol. The van der Waals surface area contributed by atoms with Gasteiger partial charge in [0.05, 0.1) is 34.4 Å². The van der Waals surface area contributed by atoms with Crippen LogP contribution in [0.25, 0.3) is 0 Å². The van der Waals surface area contributed by atoms with Gasteiger partial charge >= 0.3 is 6.18 Å². The minimum Gasteiger partial charge on any atom is -0.394 e. The molecule has 1 aliphatic rings. The van der Waals surface area contributed by atoms with Gasteiger partial charge in [0.15, 0.2) is 5.78 Å². The lowest BCUT2D eigenvalue weighted by Crippen LogP contribution is -2.32. The molecule has 4 rings (SSSR count). The Kier molecular flexibility index (Phi) is 8.05. The van der Waals surface area contributed by atoms with Crippen LogP contribution in [0.1, 0.15) is 62.8 Å². The molecule has 9 nitrogen and oxygen atoms in total. The number of alkyl halides is 3. The summed E-state index contributed by atoms with van der Waals surface area (Å²) in [4.78, 5) is 43.8. The van der Waals surface area contributed by atoms with Crippen LogP contribution in [0.15, 0.2) is 30.9 Å². The summed E-state index contributed by atoms with van der Waals surface area (Å²) < 4.78 is 39.2. The Morgan fingerprint density at radius 1 is 1.24 bits per heavy atom. The third-order valence-corrected chi connectivity index (χ3v) is 7.41. The molecule has 1 aliphatic heterocycles. The maximum atomic E-state index is 13.1. The van der Waals surface area contributed by atoms with Crippen LogP contribution in [0.5, 0.6) is 0 Å². The highest BCUT2D eigenvalue weighted by molar-refractivity contribution is 7.13. The lowest BCUT2D eigenvalue weighted by Gasteiger charge is -2.24. The van der Waals surface area contributed by atoms with Crippen LogP contribution in [0.4, 0.5) is 24.8 Å². The van der Waals surface area contributed by atoms with Crippen LogP contribution in [0.3, 0.4) is 0 Å². The molecule has 1 saturated heterocycles. The summed E-state index contributed by atoms with van der Waals surface area (Å²) >= 11 is 6.59. The van der Waals surface area contributed by atoms with E-state index in [0.29, 0.717) is 16.9 Å². The first kappa shape index (κ1) is 26.9. The van der Waals surface area contributed by atoms with Crippen molar-refractivity contribution in [3.63, 3.8) is 0 Å². The van der Waals surface area contributed by atoms with Gasteiger partial charge in [0.2, 0.25) is 0 Å². The molecule has 1 amide bonds. The Morgan fingerprint density at radius 2 is 2.03 bits per heavy atom. The highest BCUT2D eigenvalue weighted by Gasteiger charge is 2.34. The van der Waals surface area contributed by atoms with Crippen LogP contribution in [-0.2, 0) is 6.18 Å². The smallest absolute Gasteiger partial charge is 0.394 e. The highest BCUT2D eigenvalue weighted by Crippen LogP contribution is 2.35. The third-order valence-electron chi connectivity index (χ3n) is 5.88. The topological polar surface area (TPSA) is 121 Å². The first-order valence-corrected chi connectivity index (χ1v) is 12.5. The molecule has 0 aromatic carbocycles. The molecule has 0 bridgehead atoms. The summed E-state index contributed by atoms with van der Waals surface area (Å²) in [6.07, 6.45) is 0.576. The minimum atomic E-state index is -4.70. The number of carbonyl (C=O) groups is 2. The molecular formula is C23H22ClF3N6O3S. The van der Waals surface area contributed by atoms with E-state index in [2.05, 4.69) is 25.3 Å². The number of anilines is 2. The van der Waals surface area contributed by atoms with Gasteiger partial charge in [0, 0.05) is 31.1 Å². The summed E-state index contributed by atoms with van der Waals surface area (Å²) in [5.74, 6) is -0.988. The number of Topliss-reactive ketones (excluding diaryl/α,β-unsaturated/α-hetero) is 1. The van der Waals surface area contributed by atoms with Gasteiger partial charge in [0.25, 0.3) is 5.91 Å². The van der Waals surface area contributed by atoms with Gasteiger partial charge in [-0.25, -0.2) is 19.9 Å². The molecule has 37 heavy (non-hydrogen) atoms. The number of pyridine rings is 1. The van der Waals surface area contributed by atoms with Gasteiger partial charge in [-0.15, -0.1) is 11.3 Å². The average molecular weight is 555 g/mol. The second-order valence-electron chi connectivity index (χ2n) is 8.53. The molecule has 1 fully saturated rings. The van der Waals surface area contributed by atoms with E-state index in [1.54, 1.807) is 13.0 Å². The van der Waals surface area contributed by atoms with Gasteiger partial charge in [-0.2, -0.15) is 13.2 Å². The Hall–Kier alpha value is -3.16. The monoisotopic (exact) mass is 554 g/mol. The molecule has 0 radical (unpaired) electrons. The number of aromatic nitrogens is 4. The number of carbonyl (C=O) groups excluding carboxylic acids is 2. The van der Waals surface area contributed by atoms with E-state index >= 15 is 0 Å². The van der Waals surface area contributed by atoms with Gasteiger partial charge in [-0.3, -0.25) is 9.59 Å². The van der Waals surface area contributed by atoms with Gasteiger partial charge in [-0.05, 0) is 18.9 Å². The largest absolute Gasteiger partial charge is 0.418 e. The molecule has 3 aromatic rings. The molecule has 0 aliphatic carbocycles. The molecule has 196 valence electrons. The predicted octanol–water partition coefficient (Wildman–Crippen LogP) is 4.59. The lowest BCUT2D eigenvalue weighted by atomic mass is 10.0. The van der Waals surface area contributed by atoms with Crippen LogP contribution in [-0.4, -0.2) is 55.9 Å². The molecule has 14 heteroatoms. The van der Waals surface area contributed by atoms with E-state index < -0.39 is 22.7 Å². The average Bonchev–Trinajstić information content (AvgIpc) is 3.54. The van der Waals surface area contributed by atoms with Crippen molar-refractivity contribution in [2.75, 3.05) is 23.4 Å². The van der Waals surface area contributed by atoms with Crippen LogP contribution in [0, 0.1) is 0 Å². The van der Waals surface area contributed by atoms with Crippen molar-refractivity contribution in [3.05, 3.63) is 57.0 Å². The fourth-order valence-electron chi connectivity index (χ4n) is 3.98. The number of amides is 1. The van der Waals surface area contributed by atoms with E-state index in [9.17, 15) is 27.9 Å². The van der Waals surface area contributed by atoms with Gasteiger partial charge in [0.1, 0.15) is 28.5 Å². The van der Waals surface area contributed by atoms with E-state index in [-0.39, 0.29) is 47.2 Å². The van der Waals surface area contributed by atoms with E-state index in [1.807, 2.05) is 4.90 Å². The summed E-state index contributed by atoms with van der Waals surface area (Å²) in [7, 11) is 0. The molecule has 2 N–H and O–H groups in total. The van der Waals surface area contributed by atoms with Crippen molar-refractivity contribution >= 4 is 46.3 Å². The Balaban J connectivity index is 1.41. The standard InChI is InChI=1S/C23H22ClF3N6O3S/c1-12(5-17(35)16-7-20(31-11-30-16)33-4-2-3-13(33)10-34)22-29-9-18(37-22)21(36)32-19-6-14(23(25,26)27)15(24)8-28-19/h6-9,11-13,34H,2-5,10H2,1H3,(H,28,32,36)/t12-,13-/m0/s1. The van der Waals surface area contributed by atoms with Crippen LogP contribution < -0.4 is 10.2 Å². The highest BCUT2D eigenvalue weighted by atomic mass is 35.5. The van der Waals surface area contributed by atoms with Crippen molar-refractivity contribution in [2.45, 2.75) is 44.3 Å². The molecule has 0 unspecified atom stereocenters. The summed E-state index contributed by atoms with van der Waals surface area (Å²) in [5.41, 5.74) is -0.870. The zero-order valence-corrected chi connectivity index (χ0v) is 21.1. The number of rotatable bonds is 8. The van der Waals surface area contributed by atoms with Crippen molar-refractivity contribution in [2.24, 2.45) is 0 Å². The van der Waals surface area contributed by atoms with Crippen molar-refractivity contribution in [1.82, 2.24) is 19.9 Å². The first-order valence-electron chi connectivity index (χ1n) is 11.3. The van der Waals surface area contributed by atoms with Crippen LogP contribution >= 0.6 is 22.9 Å². The molecule has 3 aromatic heterocycles. The number of aliphatic hydroxyl groups is 1. The molecular weight excluding hydrogens is 533 g/mol. The number of nitrogens with zero attached hydrogens (tertiary/aromatic N) is 5. The number of hydrogen-bond acceptors (Lipinski definition) is 9. The van der Waals surface area contributed by atoms with Crippen molar-refractivity contribution in [3.8, 4) is 0 Å². The summed E-state index contributed by atoms with van der Waals surface area (Å²) in [5, 5.41) is 11.8. The summed E-state index contributed by atoms with van der Waals surface area (Å²) in [6, 6.07) is 2.22. The fourth-order valence-corrected chi connectivity index (χ4v) is 5.05. The van der Waals surface area contributed by atoms with Gasteiger partial charge in [-0.1, -0.05) is 18.5 Å². The van der Waals surface area contributed by atoms with E-state index in [4.69, 9.17) is 11.6 Å². The maximum Gasteiger partial charge on any atom is 0.418 e. The zero-order chi connectivity index (χ0) is 26.7. The van der Waals surface area contributed by atoms with E-state index in [1.165, 1.54) is 12.5 Å². The molecule has 2 atom stereocenters. The molecule has 0 saturated carbocycles. The Labute approximate surface area is 218 Å². The molecule has 0 spiro atoms. The SMILES string of the molecule is C[C@@H](CC(=O)c1cc(N2CCC[C@H]2CO)ncn1)c1ncc(C(=O)Nc2cc(C(F)(F)F)c(Cl)cn2)s1.